The van der Waals surface area contributed by atoms with Crippen molar-refractivity contribution in [3.05, 3.63) is 82.3 Å². The minimum Gasteiger partial charge on any atom is -0.496 e. The molecule has 6 heteroatoms. The fourth-order valence-electron chi connectivity index (χ4n) is 3.48. The molecule has 0 aliphatic rings. The summed E-state index contributed by atoms with van der Waals surface area (Å²) in [5, 5.41) is 2.29. The molecular weight excluding hydrogens is 429 g/mol. The molecule has 0 bridgehead atoms. The van der Waals surface area contributed by atoms with Crippen LogP contribution >= 0.6 is 23.2 Å². The van der Waals surface area contributed by atoms with Gasteiger partial charge in [-0.15, -0.1) is 0 Å². The van der Waals surface area contributed by atoms with E-state index in [4.69, 9.17) is 32.7 Å². The van der Waals surface area contributed by atoms with E-state index in [1.165, 1.54) is 32.4 Å². The third-order valence-corrected chi connectivity index (χ3v) is 5.39. The molecule has 0 saturated carbocycles. The van der Waals surface area contributed by atoms with Crippen LogP contribution in [0, 0.1) is 11.6 Å². The van der Waals surface area contributed by atoms with E-state index < -0.39 is 11.6 Å². The van der Waals surface area contributed by atoms with Crippen molar-refractivity contribution in [1.82, 2.24) is 0 Å². The lowest BCUT2D eigenvalue weighted by atomic mass is 9.95. The van der Waals surface area contributed by atoms with Crippen molar-refractivity contribution in [2.45, 2.75) is 0 Å². The Kier molecular flexibility index (Phi) is 5.54. The zero-order chi connectivity index (χ0) is 21.4. The molecule has 0 unspecified atom stereocenters. The van der Waals surface area contributed by atoms with Crippen molar-refractivity contribution in [2.75, 3.05) is 14.2 Å². The lowest BCUT2D eigenvalue weighted by Crippen LogP contribution is -1.94. The summed E-state index contributed by atoms with van der Waals surface area (Å²) in [6.45, 7) is 0. The third-order valence-electron chi connectivity index (χ3n) is 4.92. The average Bonchev–Trinajstić information content (AvgIpc) is 2.73. The molecule has 152 valence electrons. The van der Waals surface area contributed by atoms with Crippen molar-refractivity contribution < 1.29 is 18.3 Å². The number of rotatable bonds is 4. The zero-order valence-corrected chi connectivity index (χ0v) is 17.6. The normalized spacial score (nSPS) is 11.0. The van der Waals surface area contributed by atoms with E-state index in [9.17, 15) is 8.78 Å². The lowest BCUT2D eigenvalue weighted by molar-refractivity contribution is 0.415. The van der Waals surface area contributed by atoms with E-state index in [0.29, 0.717) is 43.8 Å². The van der Waals surface area contributed by atoms with Gasteiger partial charge in [0.25, 0.3) is 0 Å². The van der Waals surface area contributed by atoms with Crippen LogP contribution in [0.4, 0.5) is 8.78 Å². The molecule has 2 nitrogen and oxygen atoms in total. The van der Waals surface area contributed by atoms with E-state index in [-0.39, 0.29) is 0 Å². The van der Waals surface area contributed by atoms with E-state index in [1.807, 2.05) is 0 Å². The Morgan fingerprint density at radius 2 is 1.10 bits per heavy atom. The molecule has 0 aliphatic carbocycles. The molecule has 0 amide bonds. The van der Waals surface area contributed by atoms with Crippen LogP contribution in [0.5, 0.6) is 11.5 Å². The van der Waals surface area contributed by atoms with Gasteiger partial charge >= 0.3 is 0 Å². The van der Waals surface area contributed by atoms with Gasteiger partial charge in [-0.2, -0.15) is 0 Å². The van der Waals surface area contributed by atoms with Crippen LogP contribution < -0.4 is 9.47 Å². The first-order chi connectivity index (χ1) is 14.4. The van der Waals surface area contributed by atoms with E-state index in [0.717, 1.165) is 10.8 Å². The predicted octanol–water partition coefficient (Wildman–Crippen LogP) is 7.78. The average molecular weight is 445 g/mol. The molecule has 30 heavy (non-hydrogen) atoms. The van der Waals surface area contributed by atoms with Crippen molar-refractivity contribution in [3.8, 4) is 33.8 Å². The first kappa shape index (κ1) is 20.5. The topological polar surface area (TPSA) is 18.5 Å². The predicted molar refractivity (Wildman–Crippen MR) is 118 cm³/mol. The Morgan fingerprint density at radius 1 is 0.567 bits per heavy atom. The van der Waals surface area contributed by atoms with Gasteiger partial charge in [0.1, 0.15) is 23.1 Å². The smallest absolute Gasteiger partial charge is 0.132 e. The van der Waals surface area contributed by atoms with Gasteiger partial charge in [-0.25, -0.2) is 8.78 Å². The molecule has 4 aromatic carbocycles. The Hall–Kier alpha value is -2.82. The molecule has 0 radical (unpaired) electrons. The maximum absolute atomic E-state index is 14.5. The first-order valence-corrected chi connectivity index (χ1v) is 9.77. The Balaban J connectivity index is 1.97. The maximum Gasteiger partial charge on any atom is 0.132 e. The number of fused-ring (bicyclic) bond motifs is 1. The van der Waals surface area contributed by atoms with Crippen LogP contribution in [0.2, 0.25) is 10.0 Å². The highest BCUT2D eigenvalue weighted by Crippen LogP contribution is 2.41. The Labute approximate surface area is 182 Å². The highest BCUT2D eigenvalue weighted by atomic mass is 35.5. The zero-order valence-electron chi connectivity index (χ0n) is 16.1. The Morgan fingerprint density at radius 3 is 1.67 bits per heavy atom. The minimum atomic E-state index is -0.454. The molecular formula is C24H16Cl2F2O2. The molecule has 0 fully saturated rings. The summed E-state index contributed by atoms with van der Waals surface area (Å²) in [5.74, 6) is 0.0800. The van der Waals surface area contributed by atoms with Crippen LogP contribution in [-0.2, 0) is 0 Å². The summed E-state index contributed by atoms with van der Waals surface area (Å²) < 4.78 is 40.1. The summed E-state index contributed by atoms with van der Waals surface area (Å²) in [7, 11) is 3.02. The van der Waals surface area contributed by atoms with Crippen LogP contribution in [0.3, 0.4) is 0 Å². The SMILES string of the molecule is COc1cc2cc(-c3cc(Cl)ccc3F)c(OC)cc2cc1-c1ccc(Cl)cc1F. The number of ether oxygens (including phenoxy) is 2. The Bertz CT molecular complexity index is 1270. The number of benzene rings is 4. The molecule has 0 heterocycles. The lowest BCUT2D eigenvalue weighted by Gasteiger charge is -2.15. The molecule has 0 spiro atoms. The number of hydrogen-bond acceptors (Lipinski definition) is 2. The van der Waals surface area contributed by atoms with Gasteiger partial charge in [0.15, 0.2) is 0 Å². The van der Waals surface area contributed by atoms with Crippen molar-refractivity contribution >= 4 is 34.0 Å². The first-order valence-electron chi connectivity index (χ1n) is 9.02. The maximum atomic E-state index is 14.5. The molecule has 0 N–H and O–H groups in total. The molecule has 0 atom stereocenters. The summed E-state index contributed by atoms with van der Waals surface area (Å²) in [5.41, 5.74) is 1.82. The molecule has 4 rings (SSSR count). The second-order valence-electron chi connectivity index (χ2n) is 6.70. The standard InChI is InChI=1S/C24H16Cl2F2O2/c1-29-23-9-14-8-20(18-11-15(25)4-6-21(18)27)24(30-2)10-13(14)7-19(23)17-5-3-16(26)12-22(17)28/h3-12H,1-2H3. The van der Waals surface area contributed by atoms with Gasteiger partial charge in [-0.3, -0.25) is 0 Å². The van der Waals surface area contributed by atoms with Gasteiger partial charge in [0.2, 0.25) is 0 Å². The third kappa shape index (κ3) is 3.69. The summed E-state index contributed by atoms with van der Waals surface area (Å²) >= 11 is 12.0. The molecule has 4 aromatic rings. The molecule has 0 saturated heterocycles. The second kappa shape index (κ2) is 8.13. The summed E-state index contributed by atoms with van der Waals surface area (Å²) in [4.78, 5) is 0. The molecule has 0 aromatic heterocycles. The fourth-order valence-corrected chi connectivity index (χ4v) is 3.81. The van der Waals surface area contributed by atoms with Crippen molar-refractivity contribution in [1.29, 1.82) is 0 Å². The van der Waals surface area contributed by atoms with E-state index in [2.05, 4.69) is 0 Å². The quantitative estimate of drug-likeness (QED) is 0.319. The van der Waals surface area contributed by atoms with Crippen LogP contribution in [0.15, 0.2) is 60.7 Å². The van der Waals surface area contributed by atoms with Crippen LogP contribution in [0.1, 0.15) is 0 Å². The number of halogens is 4. The summed E-state index contributed by atoms with van der Waals surface area (Å²) in [6.07, 6.45) is 0. The van der Waals surface area contributed by atoms with Crippen LogP contribution in [0.25, 0.3) is 33.0 Å². The second-order valence-corrected chi connectivity index (χ2v) is 7.57. The van der Waals surface area contributed by atoms with Gasteiger partial charge in [-0.1, -0.05) is 23.2 Å². The minimum absolute atomic E-state index is 0.311. The van der Waals surface area contributed by atoms with Gasteiger partial charge in [-0.05, 0) is 71.4 Å². The monoisotopic (exact) mass is 444 g/mol. The van der Waals surface area contributed by atoms with Crippen molar-refractivity contribution in [2.24, 2.45) is 0 Å². The van der Waals surface area contributed by atoms with E-state index >= 15 is 0 Å². The fraction of sp³-hybridized carbons (Fsp3) is 0.0833. The number of hydrogen-bond donors (Lipinski definition) is 0. The molecule has 0 aliphatic heterocycles. The van der Waals surface area contributed by atoms with Gasteiger partial charge in [0.05, 0.1) is 14.2 Å². The van der Waals surface area contributed by atoms with Crippen molar-refractivity contribution in [3.63, 3.8) is 0 Å². The highest BCUT2D eigenvalue weighted by molar-refractivity contribution is 6.31. The summed E-state index contributed by atoms with van der Waals surface area (Å²) in [6, 6.07) is 16.0. The highest BCUT2D eigenvalue weighted by Gasteiger charge is 2.17. The van der Waals surface area contributed by atoms with Gasteiger partial charge < -0.3 is 9.47 Å². The van der Waals surface area contributed by atoms with Crippen LogP contribution in [-0.4, -0.2) is 14.2 Å². The van der Waals surface area contributed by atoms with E-state index in [1.54, 1.807) is 42.5 Å². The van der Waals surface area contributed by atoms with Gasteiger partial charge in [0, 0.05) is 32.3 Å². The number of methoxy groups -OCH3 is 2. The largest absolute Gasteiger partial charge is 0.496 e.